The van der Waals surface area contributed by atoms with Crippen molar-refractivity contribution in [2.75, 3.05) is 35.2 Å². The van der Waals surface area contributed by atoms with Crippen LogP contribution in [0.1, 0.15) is 22.8 Å². The highest BCUT2D eigenvalue weighted by Gasteiger charge is 2.25. The van der Waals surface area contributed by atoms with E-state index >= 15 is 0 Å². The first-order valence-corrected chi connectivity index (χ1v) is 9.59. The fourth-order valence-electron chi connectivity index (χ4n) is 3.90. The number of methoxy groups -OCH3 is 4. The zero-order chi connectivity index (χ0) is 21.8. The Morgan fingerprint density at radius 3 is 2.23 bits per heavy atom. The molecule has 0 aliphatic heterocycles. The van der Waals surface area contributed by atoms with Crippen molar-refractivity contribution in [3.8, 4) is 34.3 Å². The normalized spacial score (nSPS) is 10.9. The van der Waals surface area contributed by atoms with Gasteiger partial charge < -0.3 is 28.3 Å². The van der Waals surface area contributed by atoms with Crippen molar-refractivity contribution in [1.82, 2.24) is 4.57 Å². The number of carbonyl (C=O) groups excluding carboxylic acids is 1. The van der Waals surface area contributed by atoms with E-state index in [1.54, 1.807) is 34.5 Å². The van der Waals surface area contributed by atoms with Crippen LogP contribution >= 0.6 is 0 Å². The number of ether oxygens (including phenoxy) is 5. The lowest BCUT2D eigenvalue weighted by atomic mass is 10.0. The van der Waals surface area contributed by atoms with Crippen molar-refractivity contribution >= 4 is 17.2 Å². The molecule has 0 saturated carbocycles. The first-order chi connectivity index (χ1) is 14.6. The van der Waals surface area contributed by atoms with Gasteiger partial charge in [0, 0.05) is 30.2 Å². The minimum absolute atomic E-state index is 0.0610. The lowest BCUT2D eigenvalue weighted by Gasteiger charge is -2.16. The van der Waals surface area contributed by atoms with Crippen LogP contribution in [0.2, 0.25) is 0 Å². The molecule has 30 heavy (non-hydrogen) atoms. The van der Waals surface area contributed by atoms with Gasteiger partial charge in [0.25, 0.3) is 0 Å². The van der Waals surface area contributed by atoms with Gasteiger partial charge in [-0.2, -0.15) is 0 Å². The second-order valence-corrected chi connectivity index (χ2v) is 6.68. The number of aldehydes is 1. The monoisotopic (exact) mass is 413 g/mol. The SMILES string of the molecule is CCn1c(-c2ccc(OC)c(OC)c2)c(C)c2c(C=O)cc(OC)c(OCOC)c21. The van der Waals surface area contributed by atoms with Crippen molar-refractivity contribution in [2.24, 2.45) is 0 Å². The quantitative estimate of drug-likeness (QED) is 0.381. The highest BCUT2D eigenvalue weighted by Crippen LogP contribution is 2.45. The van der Waals surface area contributed by atoms with E-state index in [-0.39, 0.29) is 6.79 Å². The second-order valence-electron chi connectivity index (χ2n) is 6.68. The first kappa shape index (κ1) is 21.5. The molecule has 160 valence electrons. The summed E-state index contributed by atoms with van der Waals surface area (Å²) in [6.45, 7) is 4.76. The Labute approximate surface area is 176 Å². The summed E-state index contributed by atoms with van der Waals surface area (Å²) >= 11 is 0. The van der Waals surface area contributed by atoms with Gasteiger partial charge in [-0.3, -0.25) is 4.79 Å². The third-order valence-corrected chi connectivity index (χ3v) is 5.16. The van der Waals surface area contributed by atoms with Gasteiger partial charge in [-0.1, -0.05) is 0 Å². The number of hydrogen-bond donors (Lipinski definition) is 0. The number of carbonyl (C=O) groups is 1. The average Bonchev–Trinajstić information content (AvgIpc) is 3.08. The van der Waals surface area contributed by atoms with E-state index in [1.165, 1.54) is 0 Å². The predicted octanol–water partition coefficient (Wildman–Crippen LogP) is 4.46. The smallest absolute Gasteiger partial charge is 0.189 e. The molecule has 0 N–H and O–H groups in total. The van der Waals surface area contributed by atoms with E-state index in [0.717, 1.165) is 34.0 Å². The summed E-state index contributed by atoms with van der Waals surface area (Å²) in [4.78, 5) is 11.9. The van der Waals surface area contributed by atoms with Gasteiger partial charge in [0.2, 0.25) is 0 Å². The third kappa shape index (κ3) is 3.45. The van der Waals surface area contributed by atoms with Gasteiger partial charge in [-0.15, -0.1) is 0 Å². The van der Waals surface area contributed by atoms with Crippen LogP contribution in [0.3, 0.4) is 0 Å². The topological polar surface area (TPSA) is 68.2 Å². The Morgan fingerprint density at radius 1 is 0.967 bits per heavy atom. The zero-order valence-corrected chi connectivity index (χ0v) is 18.2. The Balaban J connectivity index is 2.42. The van der Waals surface area contributed by atoms with E-state index in [2.05, 4.69) is 4.57 Å². The molecule has 3 rings (SSSR count). The molecule has 0 unspecified atom stereocenters. The van der Waals surface area contributed by atoms with E-state index in [4.69, 9.17) is 23.7 Å². The molecule has 2 aromatic carbocycles. The van der Waals surface area contributed by atoms with Gasteiger partial charge in [0.15, 0.2) is 36.1 Å². The third-order valence-electron chi connectivity index (χ3n) is 5.16. The standard InChI is InChI=1S/C23H27NO6/c1-7-24-21(15-8-9-17(27-4)18(10-15)28-5)14(2)20-16(12-25)11-19(29-6)23(22(20)24)30-13-26-3/h8-12H,7,13H2,1-6H3. The van der Waals surface area contributed by atoms with E-state index in [1.807, 2.05) is 32.0 Å². The molecular formula is C23H27NO6. The molecule has 7 heteroatoms. The summed E-state index contributed by atoms with van der Waals surface area (Å²) in [5.41, 5.74) is 4.20. The summed E-state index contributed by atoms with van der Waals surface area (Å²) in [6.07, 6.45) is 0.844. The molecular weight excluding hydrogens is 386 g/mol. The summed E-state index contributed by atoms with van der Waals surface area (Å²) in [5.74, 6) is 2.30. The maximum atomic E-state index is 11.9. The van der Waals surface area contributed by atoms with Gasteiger partial charge >= 0.3 is 0 Å². The number of nitrogens with zero attached hydrogens (tertiary/aromatic N) is 1. The number of hydrogen-bond acceptors (Lipinski definition) is 6. The maximum absolute atomic E-state index is 11.9. The van der Waals surface area contributed by atoms with Crippen LogP contribution in [0, 0.1) is 6.92 Å². The maximum Gasteiger partial charge on any atom is 0.189 e. The molecule has 0 radical (unpaired) electrons. The largest absolute Gasteiger partial charge is 0.493 e. The summed E-state index contributed by atoms with van der Waals surface area (Å²) in [7, 11) is 6.32. The summed E-state index contributed by atoms with van der Waals surface area (Å²) in [6, 6.07) is 7.47. The molecule has 0 saturated heterocycles. The Bertz CT molecular complexity index is 1070. The average molecular weight is 413 g/mol. The number of rotatable bonds is 9. The van der Waals surface area contributed by atoms with Crippen molar-refractivity contribution in [1.29, 1.82) is 0 Å². The molecule has 0 spiro atoms. The van der Waals surface area contributed by atoms with Crippen LogP contribution in [-0.4, -0.2) is 46.1 Å². The lowest BCUT2D eigenvalue weighted by molar-refractivity contribution is 0.0500. The Morgan fingerprint density at radius 2 is 1.67 bits per heavy atom. The fourth-order valence-corrected chi connectivity index (χ4v) is 3.90. The Kier molecular flexibility index (Phi) is 6.52. The van der Waals surface area contributed by atoms with Crippen molar-refractivity contribution in [2.45, 2.75) is 20.4 Å². The fraction of sp³-hybridized carbons (Fsp3) is 0.348. The van der Waals surface area contributed by atoms with Gasteiger partial charge in [0.05, 0.1) is 32.5 Å². The summed E-state index contributed by atoms with van der Waals surface area (Å²) < 4.78 is 29.5. The molecule has 7 nitrogen and oxygen atoms in total. The Hall–Kier alpha value is -3.19. The second kappa shape index (κ2) is 9.09. The van der Waals surface area contributed by atoms with Crippen LogP contribution in [0.15, 0.2) is 24.3 Å². The molecule has 0 atom stereocenters. The minimum Gasteiger partial charge on any atom is -0.493 e. The summed E-state index contributed by atoms with van der Waals surface area (Å²) in [5, 5.41) is 0.823. The van der Waals surface area contributed by atoms with E-state index in [9.17, 15) is 4.79 Å². The van der Waals surface area contributed by atoms with E-state index in [0.29, 0.717) is 35.1 Å². The lowest BCUT2D eigenvalue weighted by Crippen LogP contribution is -2.05. The predicted molar refractivity (Wildman–Crippen MR) is 115 cm³/mol. The van der Waals surface area contributed by atoms with Crippen molar-refractivity contribution in [3.05, 3.63) is 35.4 Å². The van der Waals surface area contributed by atoms with Crippen LogP contribution in [0.4, 0.5) is 0 Å². The minimum atomic E-state index is 0.0610. The van der Waals surface area contributed by atoms with Crippen molar-refractivity contribution in [3.63, 3.8) is 0 Å². The molecule has 0 bridgehead atoms. The molecule has 1 aromatic heterocycles. The molecule has 1 heterocycles. The molecule has 0 aliphatic carbocycles. The number of aryl methyl sites for hydroxylation is 2. The molecule has 0 fully saturated rings. The van der Waals surface area contributed by atoms with Gasteiger partial charge in [-0.05, 0) is 43.7 Å². The number of benzene rings is 2. The van der Waals surface area contributed by atoms with Crippen LogP contribution < -0.4 is 18.9 Å². The zero-order valence-electron chi connectivity index (χ0n) is 18.2. The van der Waals surface area contributed by atoms with Crippen LogP contribution in [0.25, 0.3) is 22.2 Å². The molecule has 3 aromatic rings. The molecule has 0 amide bonds. The first-order valence-electron chi connectivity index (χ1n) is 9.59. The van der Waals surface area contributed by atoms with Crippen LogP contribution in [0.5, 0.6) is 23.0 Å². The van der Waals surface area contributed by atoms with Crippen LogP contribution in [-0.2, 0) is 11.3 Å². The van der Waals surface area contributed by atoms with Crippen molar-refractivity contribution < 1.29 is 28.5 Å². The highest BCUT2D eigenvalue weighted by atomic mass is 16.7. The van der Waals surface area contributed by atoms with E-state index < -0.39 is 0 Å². The molecule has 0 aliphatic rings. The number of fused-ring (bicyclic) bond motifs is 1. The highest BCUT2D eigenvalue weighted by molar-refractivity contribution is 6.06. The number of aromatic nitrogens is 1. The van der Waals surface area contributed by atoms with Gasteiger partial charge in [0.1, 0.15) is 0 Å². The van der Waals surface area contributed by atoms with Gasteiger partial charge in [-0.25, -0.2) is 0 Å².